The Balaban J connectivity index is 2.42. The SMILES string of the molecule is CC(C)Cn1c(N)c(NCc2cnc[nH]2)c(=O)n(C)c1=O. The normalized spacial score (nSPS) is 11.0. The molecule has 0 atom stereocenters. The van der Waals surface area contributed by atoms with Gasteiger partial charge in [-0.25, -0.2) is 9.78 Å². The van der Waals surface area contributed by atoms with E-state index in [1.54, 1.807) is 12.5 Å². The van der Waals surface area contributed by atoms with Crippen molar-refractivity contribution in [1.29, 1.82) is 0 Å². The summed E-state index contributed by atoms with van der Waals surface area (Å²) in [5.41, 5.74) is 6.21. The zero-order valence-electron chi connectivity index (χ0n) is 12.4. The first kappa shape index (κ1) is 14.9. The molecule has 2 heterocycles. The van der Waals surface area contributed by atoms with Gasteiger partial charge in [-0.3, -0.25) is 13.9 Å². The van der Waals surface area contributed by atoms with E-state index in [-0.39, 0.29) is 17.4 Å². The largest absolute Gasteiger partial charge is 0.383 e. The predicted octanol–water partition coefficient (Wildman–Crippen LogP) is 0.120. The molecule has 8 heteroatoms. The highest BCUT2D eigenvalue weighted by Gasteiger charge is 2.15. The Bertz CT molecular complexity index is 726. The fraction of sp³-hybridized carbons (Fsp3) is 0.462. The molecule has 2 aromatic rings. The first-order chi connectivity index (χ1) is 9.91. The van der Waals surface area contributed by atoms with Gasteiger partial charge in [-0.05, 0) is 5.92 Å². The smallest absolute Gasteiger partial charge is 0.332 e. The average molecular weight is 292 g/mol. The monoisotopic (exact) mass is 292 g/mol. The third kappa shape index (κ3) is 2.99. The summed E-state index contributed by atoms with van der Waals surface area (Å²) in [5.74, 6) is 0.402. The zero-order valence-corrected chi connectivity index (χ0v) is 12.4. The highest BCUT2D eigenvalue weighted by Crippen LogP contribution is 2.13. The predicted molar refractivity (Wildman–Crippen MR) is 81.1 cm³/mol. The summed E-state index contributed by atoms with van der Waals surface area (Å²) in [4.78, 5) is 31.2. The van der Waals surface area contributed by atoms with E-state index in [1.165, 1.54) is 11.6 Å². The highest BCUT2D eigenvalue weighted by atomic mass is 16.2. The molecule has 0 aromatic carbocycles. The summed E-state index contributed by atoms with van der Waals surface area (Å²) < 4.78 is 2.48. The summed E-state index contributed by atoms with van der Waals surface area (Å²) >= 11 is 0. The summed E-state index contributed by atoms with van der Waals surface area (Å²) in [6, 6.07) is 0. The molecule has 0 fully saturated rings. The highest BCUT2D eigenvalue weighted by molar-refractivity contribution is 5.60. The van der Waals surface area contributed by atoms with Gasteiger partial charge >= 0.3 is 5.69 Å². The summed E-state index contributed by atoms with van der Waals surface area (Å²) in [7, 11) is 1.45. The van der Waals surface area contributed by atoms with Crippen LogP contribution in [0.25, 0.3) is 0 Å². The first-order valence-electron chi connectivity index (χ1n) is 6.72. The van der Waals surface area contributed by atoms with E-state index >= 15 is 0 Å². The number of nitrogens with one attached hydrogen (secondary N) is 2. The van der Waals surface area contributed by atoms with Gasteiger partial charge in [-0.2, -0.15) is 0 Å². The minimum Gasteiger partial charge on any atom is -0.383 e. The van der Waals surface area contributed by atoms with Crippen molar-refractivity contribution >= 4 is 11.5 Å². The summed E-state index contributed by atoms with van der Waals surface area (Å²) in [6.45, 7) is 4.79. The number of nitrogens with zero attached hydrogens (tertiary/aromatic N) is 3. The molecule has 0 spiro atoms. The number of nitrogen functional groups attached to an aromatic ring is 1. The van der Waals surface area contributed by atoms with Crippen molar-refractivity contribution in [2.24, 2.45) is 13.0 Å². The van der Waals surface area contributed by atoms with Crippen LogP contribution in [0.3, 0.4) is 0 Å². The van der Waals surface area contributed by atoms with Crippen LogP contribution in [-0.4, -0.2) is 19.1 Å². The lowest BCUT2D eigenvalue weighted by Gasteiger charge is -2.17. The Kier molecular flexibility index (Phi) is 4.15. The molecule has 0 aliphatic rings. The van der Waals surface area contributed by atoms with E-state index in [1.807, 2.05) is 13.8 Å². The van der Waals surface area contributed by atoms with Gasteiger partial charge in [-0.15, -0.1) is 0 Å². The van der Waals surface area contributed by atoms with E-state index in [9.17, 15) is 9.59 Å². The van der Waals surface area contributed by atoms with Crippen molar-refractivity contribution in [3.05, 3.63) is 39.1 Å². The van der Waals surface area contributed by atoms with Crippen molar-refractivity contribution < 1.29 is 0 Å². The first-order valence-corrected chi connectivity index (χ1v) is 6.72. The van der Waals surface area contributed by atoms with Crippen LogP contribution < -0.4 is 22.3 Å². The van der Waals surface area contributed by atoms with E-state index in [4.69, 9.17) is 5.73 Å². The number of aromatic nitrogens is 4. The minimum absolute atomic E-state index is 0.163. The maximum Gasteiger partial charge on any atom is 0.332 e. The van der Waals surface area contributed by atoms with Gasteiger partial charge in [0.05, 0.1) is 18.6 Å². The molecule has 2 aromatic heterocycles. The van der Waals surface area contributed by atoms with Gasteiger partial charge < -0.3 is 16.0 Å². The number of aromatic amines is 1. The van der Waals surface area contributed by atoms with E-state index in [0.29, 0.717) is 13.1 Å². The van der Waals surface area contributed by atoms with Crippen LogP contribution in [0.15, 0.2) is 22.1 Å². The lowest BCUT2D eigenvalue weighted by molar-refractivity contribution is 0.494. The van der Waals surface area contributed by atoms with Gasteiger partial charge in [-0.1, -0.05) is 13.8 Å². The number of anilines is 2. The van der Waals surface area contributed by atoms with E-state index in [2.05, 4.69) is 15.3 Å². The second-order valence-corrected chi connectivity index (χ2v) is 5.34. The van der Waals surface area contributed by atoms with Crippen LogP contribution in [0.2, 0.25) is 0 Å². The number of nitrogens with two attached hydrogens (primary N) is 1. The van der Waals surface area contributed by atoms with Crippen molar-refractivity contribution in [3.8, 4) is 0 Å². The molecule has 0 unspecified atom stereocenters. The minimum atomic E-state index is -0.433. The van der Waals surface area contributed by atoms with Crippen molar-refractivity contribution in [1.82, 2.24) is 19.1 Å². The molecule has 0 bridgehead atoms. The standard InChI is InChI=1S/C13H20N6O2/c1-8(2)6-19-11(14)10(12(20)18(3)13(19)21)16-5-9-4-15-7-17-9/h4,7-8,16H,5-6,14H2,1-3H3,(H,15,17). The maximum absolute atomic E-state index is 12.2. The summed E-state index contributed by atoms with van der Waals surface area (Å²) in [5, 5.41) is 2.98. The second kappa shape index (κ2) is 5.86. The number of rotatable bonds is 5. The van der Waals surface area contributed by atoms with Crippen LogP contribution in [0, 0.1) is 5.92 Å². The van der Waals surface area contributed by atoms with Gasteiger partial charge in [0.1, 0.15) is 11.5 Å². The Morgan fingerprint density at radius 2 is 2.14 bits per heavy atom. The lowest BCUT2D eigenvalue weighted by atomic mass is 10.2. The van der Waals surface area contributed by atoms with E-state index in [0.717, 1.165) is 10.3 Å². The number of H-pyrrole nitrogens is 1. The van der Waals surface area contributed by atoms with Crippen LogP contribution in [0.5, 0.6) is 0 Å². The molecular formula is C13H20N6O2. The fourth-order valence-electron chi connectivity index (χ4n) is 2.06. The molecule has 0 radical (unpaired) electrons. The Labute approximate surface area is 121 Å². The van der Waals surface area contributed by atoms with Crippen LogP contribution in [0.1, 0.15) is 19.5 Å². The Hall–Kier alpha value is -2.51. The quantitative estimate of drug-likeness (QED) is 0.725. The number of hydrogen-bond donors (Lipinski definition) is 3. The zero-order chi connectivity index (χ0) is 15.6. The number of imidazole rings is 1. The molecule has 0 amide bonds. The Morgan fingerprint density at radius 3 is 2.71 bits per heavy atom. The molecule has 114 valence electrons. The van der Waals surface area contributed by atoms with Gasteiger partial charge in [0, 0.05) is 19.8 Å². The van der Waals surface area contributed by atoms with E-state index < -0.39 is 11.2 Å². The van der Waals surface area contributed by atoms with Crippen molar-refractivity contribution in [3.63, 3.8) is 0 Å². The molecule has 8 nitrogen and oxygen atoms in total. The van der Waals surface area contributed by atoms with Crippen LogP contribution >= 0.6 is 0 Å². The van der Waals surface area contributed by atoms with Gasteiger partial charge in [0.25, 0.3) is 5.56 Å². The van der Waals surface area contributed by atoms with Crippen molar-refractivity contribution in [2.75, 3.05) is 11.1 Å². The van der Waals surface area contributed by atoms with Gasteiger partial charge in [0.2, 0.25) is 0 Å². The van der Waals surface area contributed by atoms with Gasteiger partial charge in [0.15, 0.2) is 0 Å². The van der Waals surface area contributed by atoms with Crippen LogP contribution in [0.4, 0.5) is 11.5 Å². The summed E-state index contributed by atoms with van der Waals surface area (Å²) in [6.07, 6.45) is 3.20. The molecule has 0 aliphatic heterocycles. The second-order valence-electron chi connectivity index (χ2n) is 5.34. The molecule has 21 heavy (non-hydrogen) atoms. The molecule has 0 saturated heterocycles. The lowest BCUT2D eigenvalue weighted by Crippen LogP contribution is -2.41. The molecule has 0 saturated carbocycles. The average Bonchev–Trinajstić information content (AvgIpc) is 2.94. The fourth-order valence-corrected chi connectivity index (χ4v) is 2.06. The Morgan fingerprint density at radius 1 is 1.43 bits per heavy atom. The third-order valence-electron chi connectivity index (χ3n) is 3.14. The van der Waals surface area contributed by atoms with Crippen molar-refractivity contribution in [2.45, 2.75) is 26.9 Å². The molecule has 0 aliphatic carbocycles. The number of hydrogen-bond acceptors (Lipinski definition) is 5. The molecule has 4 N–H and O–H groups in total. The topological polar surface area (TPSA) is 111 Å². The third-order valence-corrected chi connectivity index (χ3v) is 3.14. The van der Waals surface area contributed by atoms with Crippen LogP contribution in [-0.2, 0) is 20.1 Å². The molecule has 2 rings (SSSR count). The maximum atomic E-state index is 12.2. The molecular weight excluding hydrogens is 272 g/mol.